The highest BCUT2D eigenvalue weighted by Crippen LogP contribution is 2.29. The highest BCUT2D eigenvalue weighted by atomic mass is 16.5. The van der Waals surface area contributed by atoms with Gasteiger partial charge in [0, 0.05) is 24.4 Å². The number of rotatable bonds is 8. The Kier molecular flexibility index (Phi) is 6.20. The monoisotopic (exact) mass is 367 g/mol. The molecule has 0 radical (unpaired) electrons. The van der Waals surface area contributed by atoms with Crippen molar-refractivity contribution in [2.45, 2.75) is 20.3 Å². The minimum absolute atomic E-state index is 0.320. The molecule has 3 aromatic rings. The molecule has 0 spiro atoms. The summed E-state index contributed by atoms with van der Waals surface area (Å²) < 4.78 is 17.0. The second-order valence-corrected chi connectivity index (χ2v) is 5.92. The van der Waals surface area contributed by atoms with Crippen LogP contribution in [0.4, 0.5) is 5.69 Å². The van der Waals surface area contributed by atoms with Crippen molar-refractivity contribution in [3.05, 3.63) is 54.3 Å². The van der Waals surface area contributed by atoms with Crippen LogP contribution in [0.5, 0.6) is 11.5 Å². The lowest BCUT2D eigenvalue weighted by molar-refractivity contribution is 0.332. The molecule has 0 atom stereocenters. The van der Waals surface area contributed by atoms with Crippen molar-refractivity contribution >= 4 is 22.6 Å². The second kappa shape index (κ2) is 8.98. The van der Waals surface area contributed by atoms with Gasteiger partial charge in [0.25, 0.3) is 0 Å². The van der Waals surface area contributed by atoms with Gasteiger partial charge in [0.2, 0.25) is 0 Å². The first kappa shape index (κ1) is 18.6. The van der Waals surface area contributed by atoms with Crippen molar-refractivity contribution < 1.29 is 13.9 Å². The van der Waals surface area contributed by atoms with Crippen LogP contribution in [-0.2, 0) is 6.42 Å². The number of anilines is 1. The Labute approximate surface area is 159 Å². The van der Waals surface area contributed by atoms with E-state index in [1.807, 2.05) is 62.4 Å². The van der Waals surface area contributed by atoms with Gasteiger partial charge >= 0.3 is 0 Å². The lowest BCUT2D eigenvalue weighted by Gasteiger charge is -2.13. The number of hydrogen-bond acceptors (Lipinski definition) is 4. The molecule has 142 valence electrons. The van der Waals surface area contributed by atoms with Crippen molar-refractivity contribution in [1.82, 2.24) is 0 Å². The minimum Gasteiger partial charge on any atom is -0.494 e. The van der Waals surface area contributed by atoms with Crippen LogP contribution in [-0.4, -0.2) is 25.7 Å². The van der Waals surface area contributed by atoms with E-state index in [1.165, 1.54) is 0 Å². The van der Waals surface area contributed by atoms with Crippen molar-refractivity contribution in [2.24, 2.45) is 10.7 Å². The molecule has 3 rings (SSSR count). The molecule has 0 aliphatic rings. The number of para-hydroxylation sites is 1. The molecular weight excluding hydrogens is 342 g/mol. The van der Waals surface area contributed by atoms with E-state index in [1.54, 1.807) is 0 Å². The molecule has 0 saturated carbocycles. The number of nitrogens with one attached hydrogen (secondary N) is 1. The van der Waals surface area contributed by atoms with E-state index in [-0.39, 0.29) is 0 Å². The number of guanidine groups is 1. The zero-order valence-corrected chi connectivity index (χ0v) is 15.7. The maximum atomic E-state index is 6.05. The number of furan rings is 1. The zero-order valence-electron chi connectivity index (χ0n) is 15.7. The average Bonchev–Trinajstić information content (AvgIpc) is 3.07. The van der Waals surface area contributed by atoms with Crippen molar-refractivity contribution in [3.8, 4) is 11.5 Å². The summed E-state index contributed by atoms with van der Waals surface area (Å²) in [4.78, 5) is 4.39. The van der Waals surface area contributed by atoms with Gasteiger partial charge in [0.05, 0.1) is 18.9 Å². The highest BCUT2D eigenvalue weighted by molar-refractivity contribution is 5.94. The molecule has 3 N–H and O–H groups in total. The van der Waals surface area contributed by atoms with Crippen LogP contribution in [0.2, 0.25) is 0 Å². The molecule has 0 fully saturated rings. The Morgan fingerprint density at radius 3 is 2.67 bits per heavy atom. The van der Waals surface area contributed by atoms with Crippen molar-refractivity contribution in [1.29, 1.82) is 0 Å². The molecule has 0 bridgehead atoms. The Morgan fingerprint density at radius 1 is 1.07 bits per heavy atom. The molecule has 1 heterocycles. The summed E-state index contributed by atoms with van der Waals surface area (Å²) in [5.74, 6) is 2.66. The number of hydrogen-bond donors (Lipinski definition) is 2. The van der Waals surface area contributed by atoms with E-state index in [0.717, 1.165) is 28.2 Å². The largest absolute Gasteiger partial charge is 0.494 e. The molecule has 1 aromatic heterocycles. The lowest BCUT2D eigenvalue weighted by atomic mass is 10.2. The van der Waals surface area contributed by atoms with Gasteiger partial charge in [-0.05, 0) is 38.1 Å². The predicted molar refractivity (Wildman–Crippen MR) is 109 cm³/mol. The van der Waals surface area contributed by atoms with Gasteiger partial charge in [-0.25, -0.2) is 0 Å². The maximum Gasteiger partial charge on any atom is 0.193 e. The molecule has 2 aromatic carbocycles. The Bertz CT molecular complexity index is 885. The van der Waals surface area contributed by atoms with Crippen molar-refractivity contribution in [3.63, 3.8) is 0 Å². The Morgan fingerprint density at radius 2 is 1.89 bits per heavy atom. The third-order valence-electron chi connectivity index (χ3n) is 3.94. The van der Waals surface area contributed by atoms with Crippen LogP contribution in [0.25, 0.3) is 11.0 Å². The molecule has 0 aliphatic carbocycles. The molecule has 0 amide bonds. The average molecular weight is 367 g/mol. The van der Waals surface area contributed by atoms with E-state index in [0.29, 0.717) is 37.9 Å². The van der Waals surface area contributed by atoms with Crippen LogP contribution in [0.15, 0.2) is 57.9 Å². The van der Waals surface area contributed by atoms with Gasteiger partial charge in [-0.3, -0.25) is 4.99 Å². The first-order valence-corrected chi connectivity index (χ1v) is 9.13. The number of nitrogens with two attached hydrogens (primary N) is 1. The zero-order chi connectivity index (χ0) is 19.1. The van der Waals surface area contributed by atoms with Gasteiger partial charge < -0.3 is 24.9 Å². The first-order chi connectivity index (χ1) is 13.2. The van der Waals surface area contributed by atoms with E-state index in [4.69, 9.17) is 19.6 Å². The van der Waals surface area contributed by atoms with Gasteiger partial charge in [0.15, 0.2) is 5.96 Å². The quantitative estimate of drug-likeness (QED) is 0.461. The fraction of sp³-hybridized carbons (Fsp3) is 0.286. The Balaban J connectivity index is 1.64. The van der Waals surface area contributed by atoms with Crippen LogP contribution < -0.4 is 20.5 Å². The Hall–Kier alpha value is -3.15. The number of nitrogens with zero attached hydrogens (tertiary/aromatic N) is 1. The number of ether oxygens (including phenoxy) is 2. The topological polar surface area (TPSA) is 82.0 Å². The highest BCUT2D eigenvalue weighted by Gasteiger charge is 2.07. The van der Waals surface area contributed by atoms with Crippen LogP contribution in [0.1, 0.15) is 19.6 Å². The number of fused-ring (bicyclic) bond motifs is 1. The first-order valence-electron chi connectivity index (χ1n) is 9.13. The molecule has 6 heteroatoms. The van der Waals surface area contributed by atoms with Crippen molar-refractivity contribution in [2.75, 3.05) is 25.1 Å². The van der Waals surface area contributed by atoms with E-state index < -0.39 is 0 Å². The number of benzene rings is 2. The lowest BCUT2D eigenvalue weighted by Crippen LogP contribution is -2.23. The van der Waals surface area contributed by atoms with Gasteiger partial charge in [-0.2, -0.15) is 0 Å². The molecule has 27 heavy (non-hydrogen) atoms. The number of aliphatic imine (C=N–C) groups is 1. The third-order valence-corrected chi connectivity index (χ3v) is 3.94. The SMILES string of the molecule is CCOc1ccc(OCC)c(NC(N)=NCCc2cc3ccccc3o2)c1. The maximum absolute atomic E-state index is 6.05. The summed E-state index contributed by atoms with van der Waals surface area (Å²) in [5.41, 5.74) is 7.66. The molecule has 0 saturated heterocycles. The van der Waals surface area contributed by atoms with Crippen LogP contribution in [0, 0.1) is 0 Å². The van der Waals surface area contributed by atoms with Gasteiger partial charge in [-0.15, -0.1) is 0 Å². The van der Waals surface area contributed by atoms with E-state index >= 15 is 0 Å². The fourth-order valence-electron chi connectivity index (χ4n) is 2.77. The van der Waals surface area contributed by atoms with E-state index in [9.17, 15) is 0 Å². The summed E-state index contributed by atoms with van der Waals surface area (Å²) >= 11 is 0. The van der Waals surface area contributed by atoms with E-state index in [2.05, 4.69) is 10.3 Å². The van der Waals surface area contributed by atoms with Gasteiger partial charge in [0.1, 0.15) is 22.8 Å². The molecule has 6 nitrogen and oxygen atoms in total. The summed E-state index contributed by atoms with van der Waals surface area (Å²) in [7, 11) is 0. The second-order valence-electron chi connectivity index (χ2n) is 5.92. The molecule has 0 aliphatic heterocycles. The third kappa shape index (κ3) is 4.94. The standard InChI is InChI=1S/C21H25N3O3/c1-3-25-16-9-10-20(26-4-2)18(14-16)24-21(22)23-12-11-17-13-15-7-5-6-8-19(15)27-17/h5-10,13-14H,3-4,11-12H2,1-2H3,(H3,22,23,24). The minimum atomic E-state index is 0.320. The van der Waals surface area contributed by atoms with Crippen LogP contribution >= 0.6 is 0 Å². The molecular formula is C21H25N3O3. The summed E-state index contributed by atoms with van der Waals surface area (Å²) in [6.45, 7) is 5.55. The normalized spacial score (nSPS) is 11.6. The van der Waals surface area contributed by atoms with Crippen LogP contribution in [0.3, 0.4) is 0 Å². The summed E-state index contributed by atoms with van der Waals surface area (Å²) in [6.07, 6.45) is 0.675. The predicted octanol–water partition coefficient (Wildman–Crippen LogP) is 4.20. The fourth-order valence-corrected chi connectivity index (χ4v) is 2.77. The van der Waals surface area contributed by atoms with Gasteiger partial charge in [-0.1, -0.05) is 18.2 Å². The summed E-state index contributed by atoms with van der Waals surface area (Å²) in [5, 5.41) is 4.19. The smallest absolute Gasteiger partial charge is 0.193 e. The molecule has 0 unspecified atom stereocenters. The summed E-state index contributed by atoms with van der Waals surface area (Å²) in [6, 6.07) is 15.6.